The van der Waals surface area contributed by atoms with E-state index in [-0.39, 0.29) is 35.4 Å². The Morgan fingerprint density at radius 3 is 2.41 bits per heavy atom. The maximum atomic E-state index is 13.5. The minimum Gasteiger partial charge on any atom is -0.462 e. The number of aromatic amines is 1. The molecule has 29 heavy (non-hydrogen) atoms. The zero-order valence-electron chi connectivity index (χ0n) is 17.5. The first-order chi connectivity index (χ1) is 13.8. The van der Waals surface area contributed by atoms with E-state index in [4.69, 9.17) is 4.74 Å². The number of esters is 1. The first-order valence-electron chi connectivity index (χ1n) is 10.4. The smallest absolute Gasteiger partial charge is 0.341 e. The Balaban J connectivity index is 1.86. The maximum Gasteiger partial charge on any atom is 0.341 e. The van der Waals surface area contributed by atoms with Crippen LogP contribution in [0, 0.1) is 19.8 Å². The highest BCUT2D eigenvalue weighted by atomic mass is 32.2. The first kappa shape index (κ1) is 21.8. The van der Waals surface area contributed by atoms with Gasteiger partial charge >= 0.3 is 5.97 Å². The topological polar surface area (TPSA) is 99.8 Å². The van der Waals surface area contributed by atoms with Crippen molar-refractivity contribution in [1.29, 1.82) is 0 Å². The van der Waals surface area contributed by atoms with E-state index in [1.807, 2.05) is 4.90 Å². The van der Waals surface area contributed by atoms with Crippen molar-refractivity contribution in [3.05, 3.63) is 17.0 Å². The minimum atomic E-state index is -3.93. The second-order valence-electron chi connectivity index (χ2n) is 7.89. The molecule has 1 atom stereocenters. The van der Waals surface area contributed by atoms with Crippen LogP contribution in [-0.4, -0.2) is 67.3 Å². The number of H-pyrrole nitrogens is 1. The molecule has 9 heteroatoms. The van der Waals surface area contributed by atoms with Gasteiger partial charge in [-0.3, -0.25) is 4.79 Å². The molecule has 8 nitrogen and oxygen atoms in total. The molecule has 2 aliphatic heterocycles. The summed E-state index contributed by atoms with van der Waals surface area (Å²) in [6.07, 6.45) is 4.46. The van der Waals surface area contributed by atoms with Gasteiger partial charge in [0.1, 0.15) is 10.5 Å². The zero-order valence-corrected chi connectivity index (χ0v) is 18.3. The van der Waals surface area contributed by atoms with Gasteiger partial charge in [-0.1, -0.05) is 0 Å². The highest BCUT2D eigenvalue weighted by Gasteiger charge is 2.39. The van der Waals surface area contributed by atoms with Gasteiger partial charge in [0.15, 0.2) is 0 Å². The maximum absolute atomic E-state index is 13.5. The molecule has 0 spiro atoms. The standard InChI is InChI=1S/C20H31N3O5S/c1-4-28-20(25)17-14(2)21-15(3)18(17)29(26,27)23-12-8-9-16(13-23)19(24)22-10-6-5-7-11-22/h16,21H,4-13H2,1-3H3/t16-/m0/s1. The number of nitrogens with zero attached hydrogens (tertiary/aromatic N) is 2. The van der Waals surface area contributed by atoms with Gasteiger partial charge in [0.2, 0.25) is 15.9 Å². The van der Waals surface area contributed by atoms with E-state index in [2.05, 4.69) is 4.98 Å². The van der Waals surface area contributed by atoms with Crippen LogP contribution in [-0.2, 0) is 19.6 Å². The summed E-state index contributed by atoms with van der Waals surface area (Å²) in [4.78, 5) is 30.2. The fraction of sp³-hybridized carbons (Fsp3) is 0.700. The number of carbonyl (C=O) groups excluding carboxylic acids is 2. The highest BCUT2D eigenvalue weighted by Crippen LogP contribution is 2.31. The van der Waals surface area contributed by atoms with E-state index in [0.29, 0.717) is 30.8 Å². The lowest BCUT2D eigenvalue weighted by molar-refractivity contribution is -0.137. The molecule has 0 bridgehead atoms. The summed E-state index contributed by atoms with van der Waals surface area (Å²) in [6.45, 7) is 7.17. The summed E-state index contributed by atoms with van der Waals surface area (Å²) in [5.41, 5.74) is 0.946. The summed E-state index contributed by atoms with van der Waals surface area (Å²) in [6, 6.07) is 0. The monoisotopic (exact) mass is 425 g/mol. The molecule has 2 fully saturated rings. The van der Waals surface area contributed by atoms with Crippen LogP contribution in [0.15, 0.2) is 4.90 Å². The highest BCUT2D eigenvalue weighted by molar-refractivity contribution is 7.89. The summed E-state index contributed by atoms with van der Waals surface area (Å²) in [5.74, 6) is -0.925. The molecule has 0 aromatic carbocycles. The Bertz CT molecular complexity index is 871. The van der Waals surface area contributed by atoms with Gasteiger partial charge in [-0.05, 0) is 52.9 Å². The van der Waals surface area contributed by atoms with E-state index in [9.17, 15) is 18.0 Å². The molecule has 1 N–H and O–H groups in total. The fourth-order valence-electron chi connectivity index (χ4n) is 4.39. The van der Waals surface area contributed by atoms with Crippen molar-refractivity contribution in [2.75, 3.05) is 32.8 Å². The van der Waals surface area contributed by atoms with Crippen molar-refractivity contribution in [3.63, 3.8) is 0 Å². The minimum absolute atomic E-state index is 0.0282. The van der Waals surface area contributed by atoms with E-state index in [1.165, 1.54) is 4.31 Å². The lowest BCUT2D eigenvalue weighted by Gasteiger charge is -2.35. The number of hydrogen-bond donors (Lipinski definition) is 1. The number of rotatable bonds is 5. The number of hydrogen-bond acceptors (Lipinski definition) is 5. The Hall–Kier alpha value is -1.87. The second-order valence-corrected chi connectivity index (χ2v) is 9.76. The van der Waals surface area contributed by atoms with Gasteiger partial charge in [-0.15, -0.1) is 0 Å². The number of carbonyl (C=O) groups is 2. The van der Waals surface area contributed by atoms with E-state index in [0.717, 1.165) is 32.4 Å². The summed E-state index contributed by atoms with van der Waals surface area (Å²) >= 11 is 0. The van der Waals surface area contributed by atoms with E-state index in [1.54, 1.807) is 20.8 Å². The van der Waals surface area contributed by atoms with Gasteiger partial charge in [-0.25, -0.2) is 13.2 Å². The van der Waals surface area contributed by atoms with E-state index < -0.39 is 16.0 Å². The van der Waals surface area contributed by atoms with Crippen LogP contribution in [0.5, 0.6) is 0 Å². The molecule has 1 aromatic heterocycles. The predicted octanol–water partition coefficient (Wildman–Crippen LogP) is 2.22. The molecule has 0 aliphatic carbocycles. The summed E-state index contributed by atoms with van der Waals surface area (Å²) < 4.78 is 33.4. The summed E-state index contributed by atoms with van der Waals surface area (Å²) in [7, 11) is -3.93. The lowest BCUT2D eigenvalue weighted by atomic mass is 9.97. The normalized spacial score (nSPS) is 21.2. The van der Waals surface area contributed by atoms with Crippen molar-refractivity contribution >= 4 is 21.9 Å². The Morgan fingerprint density at radius 2 is 1.76 bits per heavy atom. The number of likely N-dealkylation sites (tertiary alicyclic amines) is 1. The second kappa shape index (κ2) is 8.87. The van der Waals surface area contributed by atoms with Crippen molar-refractivity contribution < 1.29 is 22.7 Å². The van der Waals surface area contributed by atoms with Crippen molar-refractivity contribution in [3.8, 4) is 0 Å². The van der Waals surface area contributed by atoms with Crippen molar-refractivity contribution in [2.24, 2.45) is 5.92 Å². The first-order valence-corrected chi connectivity index (χ1v) is 11.9. The average Bonchev–Trinajstić information content (AvgIpc) is 3.03. The SMILES string of the molecule is CCOC(=O)c1c(C)[nH]c(C)c1S(=O)(=O)N1CCC[C@H](C(=O)N2CCCCC2)C1. The van der Waals surface area contributed by atoms with Crippen LogP contribution >= 0.6 is 0 Å². The van der Waals surface area contributed by atoms with Crippen LogP contribution in [0.4, 0.5) is 0 Å². The number of aromatic nitrogens is 1. The molecule has 0 radical (unpaired) electrons. The zero-order chi connectivity index (χ0) is 21.2. The van der Waals surface area contributed by atoms with Crippen LogP contribution in [0.2, 0.25) is 0 Å². The number of ether oxygens (including phenoxy) is 1. The number of nitrogens with one attached hydrogen (secondary N) is 1. The predicted molar refractivity (Wildman–Crippen MR) is 108 cm³/mol. The number of aryl methyl sites for hydroxylation is 2. The third kappa shape index (κ3) is 4.35. The van der Waals surface area contributed by atoms with Gasteiger partial charge in [0.05, 0.1) is 12.5 Å². The molecular weight excluding hydrogens is 394 g/mol. The molecule has 0 saturated carbocycles. The van der Waals surface area contributed by atoms with Gasteiger partial charge in [0, 0.05) is 37.6 Å². The van der Waals surface area contributed by atoms with E-state index >= 15 is 0 Å². The molecule has 2 saturated heterocycles. The van der Waals surface area contributed by atoms with Crippen molar-refractivity contribution in [1.82, 2.24) is 14.2 Å². The third-order valence-corrected chi connectivity index (χ3v) is 7.83. The number of sulfonamides is 1. The Kier molecular flexibility index (Phi) is 6.68. The third-order valence-electron chi connectivity index (χ3n) is 5.80. The molecule has 0 unspecified atom stereocenters. The van der Waals surface area contributed by atoms with Crippen LogP contribution in [0.3, 0.4) is 0 Å². The fourth-order valence-corrected chi connectivity index (χ4v) is 6.33. The van der Waals surface area contributed by atoms with Crippen molar-refractivity contribution in [2.45, 2.75) is 57.8 Å². The van der Waals surface area contributed by atoms with Crippen LogP contribution in [0.25, 0.3) is 0 Å². The Morgan fingerprint density at radius 1 is 1.07 bits per heavy atom. The molecule has 2 aliphatic rings. The quantitative estimate of drug-likeness (QED) is 0.729. The molecule has 3 rings (SSSR count). The average molecular weight is 426 g/mol. The lowest BCUT2D eigenvalue weighted by Crippen LogP contribution is -2.48. The molecule has 3 heterocycles. The number of amides is 1. The summed E-state index contributed by atoms with van der Waals surface area (Å²) in [5, 5.41) is 0. The molecular formula is C20H31N3O5S. The van der Waals surface area contributed by atoms with Gasteiger partial charge < -0.3 is 14.6 Å². The Labute approximate surface area is 172 Å². The molecule has 162 valence electrons. The largest absolute Gasteiger partial charge is 0.462 e. The van der Waals surface area contributed by atoms with Gasteiger partial charge in [0.25, 0.3) is 0 Å². The molecule has 1 aromatic rings. The number of piperidine rings is 2. The van der Waals surface area contributed by atoms with Gasteiger partial charge in [-0.2, -0.15) is 4.31 Å². The molecule has 1 amide bonds. The van der Waals surface area contributed by atoms with Crippen LogP contribution < -0.4 is 0 Å². The van der Waals surface area contributed by atoms with Crippen LogP contribution in [0.1, 0.15) is 60.8 Å².